The lowest BCUT2D eigenvalue weighted by Crippen LogP contribution is -2.46. The first-order valence-electron chi connectivity index (χ1n) is 7.43. The first-order chi connectivity index (χ1) is 9.89. The third kappa shape index (κ3) is 4.60. The molecule has 3 N–H and O–H groups in total. The molecule has 0 saturated heterocycles. The van der Waals surface area contributed by atoms with E-state index in [-0.39, 0.29) is 17.5 Å². The zero-order chi connectivity index (χ0) is 15.5. The van der Waals surface area contributed by atoms with Gasteiger partial charge in [0.2, 0.25) is 5.91 Å². The SMILES string of the molecule is CC(NC(=O)CC1(N)CCCCC1)c1ccc(Cl)c(Cl)c1. The Hall–Kier alpha value is -0.770. The number of nitrogens with one attached hydrogen (secondary N) is 1. The lowest BCUT2D eigenvalue weighted by molar-refractivity contribution is -0.123. The second-order valence-corrected chi connectivity index (χ2v) is 6.88. The van der Waals surface area contributed by atoms with Gasteiger partial charge in [-0.05, 0) is 37.5 Å². The summed E-state index contributed by atoms with van der Waals surface area (Å²) >= 11 is 11.9. The van der Waals surface area contributed by atoms with E-state index >= 15 is 0 Å². The van der Waals surface area contributed by atoms with E-state index in [1.54, 1.807) is 12.1 Å². The van der Waals surface area contributed by atoms with Crippen LogP contribution in [0.3, 0.4) is 0 Å². The Kier molecular flexibility index (Phi) is 5.53. The number of hydrogen-bond donors (Lipinski definition) is 2. The largest absolute Gasteiger partial charge is 0.350 e. The summed E-state index contributed by atoms with van der Waals surface area (Å²) in [5.41, 5.74) is 6.92. The van der Waals surface area contributed by atoms with Crippen LogP contribution in [0.5, 0.6) is 0 Å². The highest BCUT2D eigenvalue weighted by atomic mass is 35.5. The molecule has 1 saturated carbocycles. The maximum absolute atomic E-state index is 12.2. The number of halogens is 2. The van der Waals surface area contributed by atoms with E-state index in [9.17, 15) is 4.79 Å². The molecule has 116 valence electrons. The summed E-state index contributed by atoms with van der Waals surface area (Å²) in [5.74, 6) is -0.00188. The summed E-state index contributed by atoms with van der Waals surface area (Å²) in [6, 6.07) is 5.29. The number of nitrogens with two attached hydrogens (primary N) is 1. The van der Waals surface area contributed by atoms with E-state index in [1.165, 1.54) is 6.42 Å². The quantitative estimate of drug-likeness (QED) is 0.869. The fraction of sp³-hybridized carbons (Fsp3) is 0.562. The van der Waals surface area contributed by atoms with Gasteiger partial charge >= 0.3 is 0 Å². The number of carbonyl (C=O) groups excluding carboxylic acids is 1. The molecule has 0 aromatic heterocycles. The van der Waals surface area contributed by atoms with Gasteiger partial charge in [0.1, 0.15) is 0 Å². The molecule has 1 fully saturated rings. The van der Waals surface area contributed by atoms with Gasteiger partial charge < -0.3 is 11.1 Å². The normalized spacial score (nSPS) is 19.0. The highest BCUT2D eigenvalue weighted by Crippen LogP contribution is 2.29. The fourth-order valence-electron chi connectivity index (χ4n) is 2.91. The average Bonchev–Trinajstić information content (AvgIpc) is 2.41. The van der Waals surface area contributed by atoms with E-state index in [4.69, 9.17) is 28.9 Å². The maximum atomic E-state index is 12.2. The van der Waals surface area contributed by atoms with Crippen LogP contribution >= 0.6 is 23.2 Å². The Balaban J connectivity index is 1.93. The van der Waals surface area contributed by atoms with Gasteiger partial charge in [0.05, 0.1) is 16.1 Å². The van der Waals surface area contributed by atoms with Crippen molar-refractivity contribution in [2.45, 2.75) is 57.0 Å². The van der Waals surface area contributed by atoms with E-state index < -0.39 is 0 Å². The lowest BCUT2D eigenvalue weighted by Gasteiger charge is -2.33. The predicted octanol–water partition coefficient (Wildman–Crippen LogP) is 4.22. The monoisotopic (exact) mass is 328 g/mol. The molecule has 0 heterocycles. The molecule has 1 aromatic carbocycles. The molecule has 1 aliphatic carbocycles. The second kappa shape index (κ2) is 6.99. The minimum Gasteiger partial charge on any atom is -0.350 e. The van der Waals surface area contributed by atoms with Crippen LogP contribution < -0.4 is 11.1 Å². The third-order valence-corrected chi connectivity index (χ3v) is 4.92. The Morgan fingerprint density at radius 3 is 2.57 bits per heavy atom. The zero-order valence-electron chi connectivity index (χ0n) is 12.3. The number of rotatable bonds is 4. The van der Waals surface area contributed by atoms with E-state index in [0.29, 0.717) is 16.5 Å². The number of carbonyl (C=O) groups is 1. The van der Waals surface area contributed by atoms with Crippen molar-refractivity contribution in [3.63, 3.8) is 0 Å². The van der Waals surface area contributed by atoms with Crippen molar-refractivity contribution in [3.8, 4) is 0 Å². The Labute approximate surface area is 136 Å². The Morgan fingerprint density at radius 2 is 1.95 bits per heavy atom. The Bertz CT molecular complexity index is 513. The topological polar surface area (TPSA) is 55.1 Å². The molecule has 2 rings (SSSR count). The number of benzene rings is 1. The summed E-state index contributed by atoms with van der Waals surface area (Å²) in [7, 11) is 0. The van der Waals surface area contributed by atoms with Crippen molar-refractivity contribution in [1.29, 1.82) is 0 Å². The first kappa shape index (κ1) is 16.6. The van der Waals surface area contributed by atoms with Crippen molar-refractivity contribution in [1.82, 2.24) is 5.32 Å². The first-order valence-corrected chi connectivity index (χ1v) is 8.18. The molecule has 21 heavy (non-hydrogen) atoms. The van der Waals surface area contributed by atoms with Crippen LogP contribution in [0.2, 0.25) is 10.0 Å². The van der Waals surface area contributed by atoms with Crippen LogP contribution in [0.4, 0.5) is 0 Å². The summed E-state index contributed by atoms with van der Waals surface area (Å²) in [6.45, 7) is 1.93. The molecule has 0 radical (unpaired) electrons. The van der Waals surface area contributed by atoms with Crippen molar-refractivity contribution < 1.29 is 4.79 Å². The van der Waals surface area contributed by atoms with Gasteiger partial charge in [0.25, 0.3) is 0 Å². The molecular formula is C16H22Cl2N2O. The van der Waals surface area contributed by atoms with Crippen LogP contribution in [0.25, 0.3) is 0 Å². The number of amides is 1. The van der Waals surface area contributed by atoms with Crippen LogP contribution in [-0.4, -0.2) is 11.4 Å². The molecule has 1 amide bonds. The molecule has 1 aliphatic rings. The molecule has 1 aromatic rings. The van der Waals surface area contributed by atoms with Crippen LogP contribution in [-0.2, 0) is 4.79 Å². The molecule has 0 aliphatic heterocycles. The summed E-state index contributed by atoms with van der Waals surface area (Å²) in [5, 5.41) is 4.01. The van der Waals surface area contributed by atoms with Gasteiger partial charge in [-0.25, -0.2) is 0 Å². The van der Waals surface area contributed by atoms with E-state index in [2.05, 4.69) is 5.32 Å². The van der Waals surface area contributed by atoms with E-state index in [0.717, 1.165) is 31.2 Å². The third-order valence-electron chi connectivity index (χ3n) is 4.18. The Morgan fingerprint density at radius 1 is 1.29 bits per heavy atom. The second-order valence-electron chi connectivity index (χ2n) is 6.06. The van der Waals surface area contributed by atoms with Crippen molar-refractivity contribution >= 4 is 29.1 Å². The molecule has 1 atom stereocenters. The highest BCUT2D eigenvalue weighted by molar-refractivity contribution is 6.42. The van der Waals surface area contributed by atoms with Crippen LogP contribution in [0.1, 0.15) is 57.1 Å². The summed E-state index contributed by atoms with van der Waals surface area (Å²) in [4.78, 5) is 12.2. The van der Waals surface area contributed by atoms with Crippen molar-refractivity contribution in [2.75, 3.05) is 0 Å². The molecule has 0 bridgehead atoms. The smallest absolute Gasteiger partial charge is 0.222 e. The van der Waals surface area contributed by atoms with Crippen molar-refractivity contribution in [3.05, 3.63) is 33.8 Å². The van der Waals surface area contributed by atoms with Gasteiger partial charge in [-0.2, -0.15) is 0 Å². The highest BCUT2D eigenvalue weighted by Gasteiger charge is 2.30. The predicted molar refractivity (Wildman–Crippen MR) is 87.6 cm³/mol. The lowest BCUT2D eigenvalue weighted by atomic mass is 9.80. The molecule has 5 heteroatoms. The maximum Gasteiger partial charge on any atom is 0.222 e. The van der Waals surface area contributed by atoms with Gasteiger partial charge in [0, 0.05) is 12.0 Å². The number of hydrogen-bond acceptors (Lipinski definition) is 2. The minimum atomic E-state index is -0.334. The van der Waals surface area contributed by atoms with Crippen molar-refractivity contribution in [2.24, 2.45) is 5.73 Å². The van der Waals surface area contributed by atoms with Gasteiger partial charge in [-0.15, -0.1) is 0 Å². The molecule has 3 nitrogen and oxygen atoms in total. The average molecular weight is 329 g/mol. The van der Waals surface area contributed by atoms with Crippen LogP contribution in [0.15, 0.2) is 18.2 Å². The van der Waals surface area contributed by atoms with Gasteiger partial charge in [0.15, 0.2) is 0 Å². The van der Waals surface area contributed by atoms with E-state index in [1.807, 2.05) is 13.0 Å². The molecule has 0 spiro atoms. The summed E-state index contributed by atoms with van der Waals surface area (Å²) in [6.07, 6.45) is 5.71. The fourth-order valence-corrected chi connectivity index (χ4v) is 3.22. The zero-order valence-corrected chi connectivity index (χ0v) is 13.8. The summed E-state index contributed by atoms with van der Waals surface area (Å²) < 4.78 is 0. The molecule has 1 unspecified atom stereocenters. The van der Waals surface area contributed by atoms with Gasteiger partial charge in [-0.1, -0.05) is 48.5 Å². The van der Waals surface area contributed by atoms with Gasteiger partial charge in [-0.3, -0.25) is 4.79 Å². The minimum absolute atomic E-state index is 0.00188. The molecular weight excluding hydrogens is 307 g/mol. The standard InChI is InChI=1S/C16H22Cl2N2O/c1-11(12-5-6-13(17)14(18)9-12)20-15(21)10-16(19)7-3-2-4-8-16/h5-6,9,11H,2-4,7-8,10,19H2,1H3,(H,20,21). The van der Waals surface area contributed by atoms with Crippen LogP contribution in [0, 0.1) is 0 Å².